The fourth-order valence-electron chi connectivity index (χ4n) is 2.55. The van der Waals surface area contributed by atoms with Crippen LogP contribution in [0.25, 0.3) is 0 Å². The Morgan fingerprint density at radius 2 is 1.73 bits per heavy atom. The molecule has 0 aliphatic carbocycles. The van der Waals surface area contributed by atoms with Gasteiger partial charge in [-0.05, 0) is 37.9 Å². The van der Waals surface area contributed by atoms with Crippen molar-refractivity contribution >= 4 is 23.0 Å². The molecule has 4 N–H and O–H groups in total. The number of aromatic nitrogens is 1. The second-order valence-electron chi connectivity index (χ2n) is 6.09. The standard InChI is InChI=1S/C18H23N7O/c1-13(25-11-9-24(2)10-12-25)26-16-6-4-3-5-14(16)22-23-15-7-8-17(19)21-18(15)20/h3-8H,1,9-12H2,2H3,(H4,19,20,21)/b23-22+. The molecule has 2 heterocycles. The molecule has 0 amide bonds. The van der Waals surface area contributed by atoms with Crippen molar-refractivity contribution in [1.29, 1.82) is 0 Å². The fraction of sp³-hybridized carbons (Fsp3) is 0.278. The maximum atomic E-state index is 5.95. The van der Waals surface area contributed by atoms with E-state index in [1.807, 2.05) is 24.3 Å². The highest BCUT2D eigenvalue weighted by molar-refractivity contribution is 5.60. The molecule has 8 nitrogen and oxygen atoms in total. The molecule has 0 bridgehead atoms. The average molecular weight is 353 g/mol. The van der Waals surface area contributed by atoms with Crippen LogP contribution in [0.2, 0.25) is 0 Å². The highest BCUT2D eigenvalue weighted by atomic mass is 16.5. The Hall–Kier alpha value is -3.13. The van der Waals surface area contributed by atoms with E-state index in [9.17, 15) is 0 Å². The van der Waals surface area contributed by atoms with E-state index in [0.717, 1.165) is 26.2 Å². The molecular formula is C18H23N7O. The molecule has 136 valence electrons. The van der Waals surface area contributed by atoms with E-state index >= 15 is 0 Å². The number of anilines is 2. The summed E-state index contributed by atoms with van der Waals surface area (Å²) in [7, 11) is 2.11. The number of para-hydroxylation sites is 1. The van der Waals surface area contributed by atoms with Crippen LogP contribution in [0, 0.1) is 0 Å². The Balaban J connectivity index is 1.73. The number of rotatable bonds is 5. The number of nitrogens with zero attached hydrogens (tertiary/aromatic N) is 5. The van der Waals surface area contributed by atoms with Crippen molar-refractivity contribution in [2.75, 3.05) is 44.7 Å². The Morgan fingerprint density at radius 1 is 1.04 bits per heavy atom. The fourth-order valence-corrected chi connectivity index (χ4v) is 2.55. The van der Waals surface area contributed by atoms with Crippen molar-refractivity contribution in [2.24, 2.45) is 10.2 Å². The smallest absolute Gasteiger partial charge is 0.188 e. The number of azo groups is 1. The third-order valence-corrected chi connectivity index (χ3v) is 4.14. The summed E-state index contributed by atoms with van der Waals surface area (Å²) in [6.07, 6.45) is 0. The summed E-state index contributed by atoms with van der Waals surface area (Å²) in [5.74, 6) is 1.76. The van der Waals surface area contributed by atoms with Gasteiger partial charge in [0, 0.05) is 26.2 Å². The number of hydrogen-bond donors (Lipinski definition) is 2. The Bertz CT molecular complexity index is 813. The van der Waals surface area contributed by atoms with E-state index < -0.39 is 0 Å². The van der Waals surface area contributed by atoms with Gasteiger partial charge in [0.2, 0.25) is 0 Å². The molecule has 1 aliphatic rings. The lowest BCUT2D eigenvalue weighted by Crippen LogP contribution is -2.44. The predicted molar refractivity (Wildman–Crippen MR) is 103 cm³/mol. The molecule has 0 unspecified atom stereocenters. The highest BCUT2D eigenvalue weighted by Crippen LogP contribution is 2.31. The second kappa shape index (κ2) is 7.83. The predicted octanol–water partition coefficient (Wildman–Crippen LogP) is 2.76. The minimum Gasteiger partial charge on any atom is -0.440 e. The third-order valence-electron chi connectivity index (χ3n) is 4.14. The van der Waals surface area contributed by atoms with Crippen LogP contribution in [0.5, 0.6) is 5.75 Å². The number of pyridine rings is 1. The number of likely N-dealkylation sites (N-methyl/N-ethyl adjacent to an activating group) is 1. The van der Waals surface area contributed by atoms with E-state index in [0.29, 0.717) is 28.8 Å². The van der Waals surface area contributed by atoms with Crippen LogP contribution in [-0.4, -0.2) is 48.0 Å². The summed E-state index contributed by atoms with van der Waals surface area (Å²) in [5.41, 5.74) is 12.4. The van der Waals surface area contributed by atoms with E-state index in [1.165, 1.54) is 0 Å². The summed E-state index contributed by atoms with van der Waals surface area (Å²) >= 11 is 0. The normalized spacial score (nSPS) is 15.3. The van der Waals surface area contributed by atoms with Crippen LogP contribution >= 0.6 is 0 Å². The lowest BCUT2D eigenvalue weighted by molar-refractivity contribution is 0.138. The topological polar surface area (TPSA) is 105 Å². The first-order valence-corrected chi connectivity index (χ1v) is 8.36. The monoisotopic (exact) mass is 353 g/mol. The Labute approximate surface area is 152 Å². The van der Waals surface area contributed by atoms with E-state index in [4.69, 9.17) is 16.2 Å². The zero-order chi connectivity index (χ0) is 18.5. The Kier molecular flexibility index (Phi) is 5.33. The number of nitrogen functional groups attached to an aromatic ring is 2. The SMILES string of the molecule is C=C(Oc1ccccc1/N=N/c1ccc(N)nc1N)N1CCN(C)CC1. The summed E-state index contributed by atoms with van der Waals surface area (Å²) in [6, 6.07) is 10.7. The molecule has 8 heteroatoms. The van der Waals surface area contributed by atoms with Crippen LogP contribution in [0.4, 0.5) is 23.0 Å². The third kappa shape index (κ3) is 4.28. The summed E-state index contributed by atoms with van der Waals surface area (Å²) in [5, 5.41) is 8.41. The molecule has 26 heavy (non-hydrogen) atoms. The largest absolute Gasteiger partial charge is 0.440 e. The van der Waals surface area contributed by atoms with Gasteiger partial charge in [0.05, 0.1) is 0 Å². The molecule has 1 saturated heterocycles. The van der Waals surface area contributed by atoms with Crippen molar-refractivity contribution < 1.29 is 4.74 Å². The molecular weight excluding hydrogens is 330 g/mol. The van der Waals surface area contributed by atoms with Crippen LogP contribution in [0.1, 0.15) is 0 Å². The van der Waals surface area contributed by atoms with Crippen LogP contribution in [0.3, 0.4) is 0 Å². The first-order chi connectivity index (χ1) is 12.5. The number of nitrogens with two attached hydrogens (primary N) is 2. The Morgan fingerprint density at radius 3 is 2.46 bits per heavy atom. The van der Waals surface area contributed by atoms with Gasteiger partial charge in [-0.3, -0.25) is 0 Å². The number of ether oxygens (including phenoxy) is 1. The molecule has 1 aromatic carbocycles. The number of hydrogen-bond acceptors (Lipinski definition) is 8. The van der Waals surface area contributed by atoms with Crippen molar-refractivity contribution in [2.45, 2.75) is 0 Å². The van der Waals surface area contributed by atoms with Gasteiger partial charge in [0.25, 0.3) is 0 Å². The maximum Gasteiger partial charge on any atom is 0.188 e. The molecule has 0 atom stereocenters. The molecule has 1 aliphatic heterocycles. The molecule has 0 saturated carbocycles. The summed E-state index contributed by atoms with van der Waals surface area (Å²) < 4.78 is 5.95. The van der Waals surface area contributed by atoms with Crippen molar-refractivity contribution in [3.8, 4) is 5.75 Å². The summed E-state index contributed by atoms with van der Waals surface area (Å²) in [4.78, 5) is 8.37. The van der Waals surface area contributed by atoms with Gasteiger partial charge in [0.15, 0.2) is 17.5 Å². The molecule has 2 aromatic rings. The van der Waals surface area contributed by atoms with Gasteiger partial charge < -0.3 is 26.0 Å². The van der Waals surface area contributed by atoms with Gasteiger partial charge in [-0.2, -0.15) is 0 Å². The van der Waals surface area contributed by atoms with Crippen molar-refractivity contribution in [1.82, 2.24) is 14.8 Å². The molecule has 3 rings (SSSR count). The highest BCUT2D eigenvalue weighted by Gasteiger charge is 2.17. The van der Waals surface area contributed by atoms with Crippen LogP contribution in [-0.2, 0) is 0 Å². The zero-order valence-electron chi connectivity index (χ0n) is 14.8. The second-order valence-corrected chi connectivity index (χ2v) is 6.09. The van der Waals surface area contributed by atoms with Crippen LogP contribution < -0.4 is 16.2 Å². The number of benzene rings is 1. The van der Waals surface area contributed by atoms with Gasteiger partial charge >= 0.3 is 0 Å². The quantitative estimate of drug-likeness (QED) is 0.632. The number of piperazine rings is 1. The van der Waals surface area contributed by atoms with E-state index in [-0.39, 0.29) is 5.82 Å². The lowest BCUT2D eigenvalue weighted by Gasteiger charge is -2.34. The van der Waals surface area contributed by atoms with Crippen LogP contribution in [0.15, 0.2) is 59.1 Å². The average Bonchev–Trinajstić information content (AvgIpc) is 2.62. The van der Waals surface area contributed by atoms with Crippen molar-refractivity contribution in [3.63, 3.8) is 0 Å². The van der Waals surface area contributed by atoms with Gasteiger partial charge in [-0.1, -0.05) is 12.1 Å². The van der Waals surface area contributed by atoms with Gasteiger partial charge in [-0.25, -0.2) is 4.98 Å². The van der Waals surface area contributed by atoms with Crippen molar-refractivity contribution in [3.05, 3.63) is 48.9 Å². The van der Waals surface area contributed by atoms with E-state index in [2.05, 4.69) is 38.6 Å². The van der Waals surface area contributed by atoms with Gasteiger partial charge in [-0.15, -0.1) is 10.2 Å². The first-order valence-electron chi connectivity index (χ1n) is 8.36. The first kappa shape index (κ1) is 17.7. The minimum absolute atomic E-state index is 0.231. The molecule has 1 fully saturated rings. The van der Waals surface area contributed by atoms with Gasteiger partial charge in [0.1, 0.15) is 17.2 Å². The zero-order valence-corrected chi connectivity index (χ0v) is 14.8. The molecule has 0 spiro atoms. The minimum atomic E-state index is 0.231. The molecule has 0 radical (unpaired) electrons. The maximum absolute atomic E-state index is 5.95. The lowest BCUT2D eigenvalue weighted by atomic mass is 10.3. The molecule has 1 aromatic heterocycles. The summed E-state index contributed by atoms with van der Waals surface area (Å²) in [6.45, 7) is 7.77. The van der Waals surface area contributed by atoms with E-state index in [1.54, 1.807) is 12.1 Å².